The van der Waals surface area contributed by atoms with E-state index in [9.17, 15) is 4.79 Å². The van der Waals surface area contributed by atoms with Gasteiger partial charge in [-0.05, 0) is 44.0 Å². The van der Waals surface area contributed by atoms with Crippen LogP contribution in [0.25, 0.3) is 0 Å². The lowest BCUT2D eigenvalue weighted by molar-refractivity contribution is -0.136. The molecule has 0 radical (unpaired) electrons. The van der Waals surface area contributed by atoms with Crippen LogP contribution in [-0.2, 0) is 11.2 Å². The minimum Gasteiger partial charge on any atom is -0.490 e. The summed E-state index contributed by atoms with van der Waals surface area (Å²) in [6, 6.07) is 3.57. The van der Waals surface area contributed by atoms with E-state index in [-0.39, 0.29) is 6.42 Å². The van der Waals surface area contributed by atoms with Crippen molar-refractivity contribution in [1.82, 2.24) is 0 Å². The first-order valence-corrected chi connectivity index (χ1v) is 5.69. The summed E-state index contributed by atoms with van der Waals surface area (Å²) in [6.45, 7) is 6.73. The van der Waals surface area contributed by atoms with E-state index in [0.717, 1.165) is 11.1 Å². The standard InChI is InChI=1S/C13H18O4/c1-4-16-11-6-9(3)10(8-13(14)15)7-12(11)17-5-2/h6-7H,4-5,8H2,1-3H3,(H,14,15). The van der Waals surface area contributed by atoms with Crippen molar-refractivity contribution in [3.8, 4) is 11.5 Å². The lowest BCUT2D eigenvalue weighted by Gasteiger charge is -2.14. The van der Waals surface area contributed by atoms with E-state index < -0.39 is 5.97 Å². The third kappa shape index (κ3) is 3.66. The SMILES string of the molecule is CCOc1cc(C)c(CC(=O)O)cc1OCC. The molecule has 4 nitrogen and oxygen atoms in total. The highest BCUT2D eigenvalue weighted by Gasteiger charge is 2.11. The third-order valence-corrected chi connectivity index (χ3v) is 2.34. The molecule has 0 amide bonds. The second-order valence-corrected chi connectivity index (χ2v) is 3.66. The van der Waals surface area contributed by atoms with E-state index in [1.165, 1.54) is 0 Å². The molecule has 0 aromatic heterocycles. The summed E-state index contributed by atoms with van der Waals surface area (Å²) in [6.07, 6.45) is -0.00167. The fraction of sp³-hybridized carbons (Fsp3) is 0.462. The van der Waals surface area contributed by atoms with Crippen LogP contribution in [0.2, 0.25) is 0 Å². The van der Waals surface area contributed by atoms with Gasteiger partial charge >= 0.3 is 5.97 Å². The van der Waals surface area contributed by atoms with Gasteiger partial charge in [0.1, 0.15) is 0 Å². The maximum Gasteiger partial charge on any atom is 0.307 e. The van der Waals surface area contributed by atoms with Crippen LogP contribution < -0.4 is 9.47 Å². The number of carbonyl (C=O) groups is 1. The molecule has 0 aliphatic rings. The molecule has 0 aliphatic heterocycles. The van der Waals surface area contributed by atoms with E-state index in [1.807, 2.05) is 26.8 Å². The van der Waals surface area contributed by atoms with Crippen molar-refractivity contribution in [2.45, 2.75) is 27.2 Å². The van der Waals surface area contributed by atoms with Gasteiger partial charge in [-0.2, -0.15) is 0 Å². The molecule has 0 aliphatic carbocycles. The van der Waals surface area contributed by atoms with Gasteiger partial charge in [-0.3, -0.25) is 4.79 Å². The number of carboxylic acids is 1. The number of carboxylic acid groups (broad SMARTS) is 1. The average Bonchev–Trinajstić information content (AvgIpc) is 2.24. The Balaban J connectivity index is 3.09. The van der Waals surface area contributed by atoms with Gasteiger partial charge in [0.05, 0.1) is 19.6 Å². The summed E-state index contributed by atoms with van der Waals surface area (Å²) in [5.41, 5.74) is 1.66. The van der Waals surface area contributed by atoms with Crippen molar-refractivity contribution in [3.63, 3.8) is 0 Å². The molecule has 0 spiro atoms. The molecular weight excluding hydrogens is 220 g/mol. The molecule has 1 N–H and O–H groups in total. The molecule has 0 heterocycles. The summed E-state index contributed by atoms with van der Waals surface area (Å²) in [5.74, 6) is 0.428. The van der Waals surface area contributed by atoms with E-state index in [2.05, 4.69) is 0 Å². The predicted molar refractivity (Wildman–Crippen MR) is 64.9 cm³/mol. The Bertz CT molecular complexity index is 399. The zero-order chi connectivity index (χ0) is 12.8. The number of aryl methyl sites for hydroxylation is 1. The van der Waals surface area contributed by atoms with Crippen LogP contribution >= 0.6 is 0 Å². The first-order chi connectivity index (χ1) is 8.08. The Hall–Kier alpha value is -1.71. The zero-order valence-corrected chi connectivity index (χ0v) is 10.4. The Morgan fingerprint density at radius 3 is 2.18 bits per heavy atom. The number of benzene rings is 1. The van der Waals surface area contributed by atoms with Gasteiger partial charge in [0.15, 0.2) is 11.5 Å². The number of rotatable bonds is 6. The van der Waals surface area contributed by atoms with Gasteiger partial charge in [-0.25, -0.2) is 0 Å². The van der Waals surface area contributed by atoms with E-state index >= 15 is 0 Å². The minimum atomic E-state index is -0.847. The minimum absolute atomic E-state index is 0.00167. The van der Waals surface area contributed by atoms with Crippen LogP contribution in [0.15, 0.2) is 12.1 Å². The summed E-state index contributed by atoms with van der Waals surface area (Å²) in [5, 5.41) is 8.81. The van der Waals surface area contributed by atoms with Crippen LogP contribution in [0.3, 0.4) is 0 Å². The van der Waals surface area contributed by atoms with Crippen LogP contribution in [0.1, 0.15) is 25.0 Å². The topological polar surface area (TPSA) is 55.8 Å². The molecule has 1 rings (SSSR count). The molecule has 4 heteroatoms. The molecule has 1 aromatic carbocycles. The number of ether oxygens (including phenoxy) is 2. The first-order valence-electron chi connectivity index (χ1n) is 5.69. The van der Waals surface area contributed by atoms with Crippen molar-refractivity contribution in [2.75, 3.05) is 13.2 Å². The second kappa shape index (κ2) is 6.13. The highest BCUT2D eigenvalue weighted by molar-refractivity contribution is 5.71. The summed E-state index contributed by atoms with van der Waals surface area (Å²) in [4.78, 5) is 10.7. The Morgan fingerprint density at radius 2 is 1.71 bits per heavy atom. The molecule has 0 atom stereocenters. The smallest absolute Gasteiger partial charge is 0.307 e. The highest BCUT2D eigenvalue weighted by atomic mass is 16.5. The van der Waals surface area contributed by atoms with E-state index in [1.54, 1.807) is 6.07 Å². The van der Waals surface area contributed by atoms with Crippen molar-refractivity contribution in [3.05, 3.63) is 23.3 Å². The molecule has 0 unspecified atom stereocenters. The summed E-state index contributed by atoms with van der Waals surface area (Å²) in [7, 11) is 0. The third-order valence-electron chi connectivity index (χ3n) is 2.34. The van der Waals surface area contributed by atoms with Crippen molar-refractivity contribution in [2.24, 2.45) is 0 Å². The molecule has 0 saturated heterocycles. The maximum absolute atomic E-state index is 10.7. The average molecular weight is 238 g/mol. The van der Waals surface area contributed by atoms with Gasteiger partial charge in [0, 0.05) is 0 Å². The normalized spacial score (nSPS) is 10.1. The Labute approximate surface area is 101 Å². The molecule has 17 heavy (non-hydrogen) atoms. The van der Waals surface area contributed by atoms with Crippen molar-refractivity contribution in [1.29, 1.82) is 0 Å². The van der Waals surface area contributed by atoms with Gasteiger partial charge in [-0.15, -0.1) is 0 Å². The lowest BCUT2D eigenvalue weighted by atomic mass is 10.0. The Morgan fingerprint density at radius 1 is 1.18 bits per heavy atom. The zero-order valence-electron chi connectivity index (χ0n) is 10.4. The van der Waals surface area contributed by atoms with Crippen LogP contribution in [0, 0.1) is 6.92 Å². The molecule has 94 valence electrons. The number of hydrogen-bond acceptors (Lipinski definition) is 3. The second-order valence-electron chi connectivity index (χ2n) is 3.66. The molecule has 0 saturated carbocycles. The summed E-state index contributed by atoms with van der Waals surface area (Å²) >= 11 is 0. The van der Waals surface area contributed by atoms with Gasteiger partial charge in [0.2, 0.25) is 0 Å². The van der Waals surface area contributed by atoms with Crippen molar-refractivity contribution < 1.29 is 19.4 Å². The molecule has 1 aromatic rings. The Kier molecular flexibility index (Phi) is 4.82. The van der Waals surface area contributed by atoms with Crippen LogP contribution in [0.4, 0.5) is 0 Å². The lowest BCUT2D eigenvalue weighted by Crippen LogP contribution is -2.05. The van der Waals surface area contributed by atoms with E-state index in [0.29, 0.717) is 24.7 Å². The molecule has 0 fully saturated rings. The largest absolute Gasteiger partial charge is 0.490 e. The fourth-order valence-corrected chi connectivity index (χ4v) is 1.59. The molecule has 0 bridgehead atoms. The van der Waals surface area contributed by atoms with Gasteiger partial charge in [-0.1, -0.05) is 0 Å². The van der Waals surface area contributed by atoms with E-state index in [4.69, 9.17) is 14.6 Å². The maximum atomic E-state index is 10.7. The van der Waals surface area contributed by atoms with Crippen LogP contribution in [-0.4, -0.2) is 24.3 Å². The fourth-order valence-electron chi connectivity index (χ4n) is 1.59. The highest BCUT2D eigenvalue weighted by Crippen LogP contribution is 2.31. The van der Waals surface area contributed by atoms with Gasteiger partial charge < -0.3 is 14.6 Å². The predicted octanol–water partition coefficient (Wildman–Crippen LogP) is 2.42. The monoisotopic (exact) mass is 238 g/mol. The number of hydrogen-bond donors (Lipinski definition) is 1. The number of aliphatic carboxylic acids is 1. The van der Waals surface area contributed by atoms with Gasteiger partial charge in [0.25, 0.3) is 0 Å². The molecular formula is C13H18O4. The quantitative estimate of drug-likeness (QED) is 0.827. The first kappa shape index (κ1) is 13.4. The summed E-state index contributed by atoms with van der Waals surface area (Å²) < 4.78 is 10.9. The van der Waals surface area contributed by atoms with Crippen LogP contribution in [0.5, 0.6) is 11.5 Å². The van der Waals surface area contributed by atoms with Crippen molar-refractivity contribution >= 4 is 5.97 Å².